The molecule has 4 nitrogen and oxygen atoms in total. The van der Waals surface area contributed by atoms with Gasteiger partial charge in [0, 0.05) is 12.5 Å². The van der Waals surface area contributed by atoms with Gasteiger partial charge in [0.2, 0.25) is 0 Å². The Balaban J connectivity index is 2.33. The fourth-order valence-electron chi connectivity index (χ4n) is 1.46. The first kappa shape index (κ1) is 9.92. The lowest BCUT2D eigenvalue weighted by molar-refractivity contribution is -0.0791. The molecule has 1 fully saturated rings. The van der Waals surface area contributed by atoms with Gasteiger partial charge >= 0.3 is 0 Å². The monoisotopic (exact) mass is 176 g/mol. The number of ether oxygens (including phenoxy) is 1. The molecule has 3 atom stereocenters. The molecular formula is C8H16O4. The van der Waals surface area contributed by atoms with Crippen LogP contribution >= 0.6 is 0 Å². The third-order valence-electron chi connectivity index (χ3n) is 2.26. The van der Waals surface area contributed by atoms with E-state index in [0.717, 1.165) is 19.4 Å². The van der Waals surface area contributed by atoms with Crippen LogP contribution in [0.3, 0.4) is 0 Å². The summed E-state index contributed by atoms with van der Waals surface area (Å²) < 4.78 is 5.15. The SMILES string of the molecule is OCC(O)C(O)C1CCCOC1. The van der Waals surface area contributed by atoms with Crippen molar-refractivity contribution in [2.45, 2.75) is 25.0 Å². The van der Waals surface area contributed by atoms with E-state index >= 15 is 0 Å². The minimum Gasteiger partial charge on any atom is -0.394 e. The van der Waals surface area contributed by atoms with Crippen LogP contribution in [0.15, 0.2) is 0 Å². The van der Waals surface area contributed by atoms with Gasteiger partial charge in [0.15, 0.2) is 0 Å². The zero-order valence-corrected chi connectivity index (χ0v) is 7.02. The zero-order valence-electron chi connectivity index (χ0n) is 7.02. The van der Waals surface area contributed by atoms with Crippen molar-refractivity contribution in [1.29, 1.82) is 0 Å². The third kappa shape index (κ3) is 2.42. The standard InChI is InChI=1S/C8H16O4/c9-4-7(10)8(11)6-2-1-3-12-5-6/h6-11H,1-5H2. The fraction of sp³-hybridized carbons (Fsp3) is 1.00. The Morgan fingerprint density at radius 3 is 2.67 bits per heavy atom. The molecule has 72 valence electrons. The molecule has 1 rings (SSSR count). The second kappa shape index (κ2) is 4.77. The summed E-state index contributed by atoms with van der Waals surface area (Å²) in [4.78, 5) is 0. The summed E-state index contributed by atoms with van der Waals surface area (Å²) in [6.45, 7) is 0.828. The van der Waals surface area contributed by atoms with Crippen molar-refractivity contribution in [3.8, 4) is 0 Å². The van der Waals surface area contributed by atoms with Gasteiger partial charge in [-0.15, -0.1) is 0 Å². The summed E-state index contributed by atoms with van der Waals surface area (Å²) in [5, 5.41) is 27.2. The minimum atomic E-state index is -1.03. The summed E-state index contributed by atoms with van der Waals surface area (Å²) in [6, 6.07) is 0. The topological polar surface area (TPSA) is 69.9 Å². The van der Waals surface area contributed by atoms with E-state index in [1.165, 1.54) is 0 Å². The van der Waals surface area contributed by atoms with Crippen molar-refractivity contribution in [1.82, 2.24) is 0 Å². The lowest BCUT2D eigenvalue weighted by Gasteiger charge is -2.28. The van der Waals surface area contributed by atoms with Crippen molar-refractivity contribution in [2.24, 2.45) is 5.92 Å². The molecule has 0 aliphatic carbocycles. The van der Waals surface area contributed by atoms with Gasteiger partial charge in [0.05, 0.1) is 19.3 Å². The highest BCUT2D eigenvalue weighted by Gasteiger charge is 2.27. The van der Waals surface area contributed by atoms with Crippen LogP contribution < -0.4 is 0 Å². The zero-order chi connectivity index (χ0) is 8.97. The van der Waals surface area contributed by atoms with Crippen LogP contribution in [0.25, 0.3) is 0 Å². The molecule has 1 aliphatic heterocycles. The van der Waals surface area contributed by atoms with E-state index in [1.54, 1.807) is 0 Å². The van der Waals surface area contributed by atoms with Crippen molar-refractivity contribution in [2.75, 3.05) is 19.8 Å². The summed E-state index contributed by atoms with van der Waals surface area (Å²) in [5.74, 6) is -0.0269. The second-order valence-corrected chi connectivity index (χ2v) is 3.22. The minimum absolute atomic E-state index is 0.0269. The van der Waals surface area contributed by atoms with E-state index in [9.17, 15) is 5.11 Å². The first-order valence-corrected chi connectivity index (χ1v) is 4.30. The molecule has 1 saturated heterocycles. The van der Waals surface area contributed by atoms with Crippen LogP contribution in [0.1, 0.15) is 12.8 Å². The fourth-order valence-corrected chi connectivity index (χ4v) is 1.46. The van der Waals surface area contributed by atoms with E-state index in [0.29, 0.717) is 6.61 Å². The molecule has 0 amide bonds. The molecular weight excluding hydrogens is 160 g/mol. The van der Waals surface area contributed by atoms with E-state index < -0.39 is 18.8 Å². The van der Waals surface area contributed by atoms with Gasteiger partial charge in [-0.2, -0.15) is 0 Å². The van der Waals surface area contributed by atoms with Crippen LogP contribution in [-0.2, 0) is 4.74 Å². The molecule has 1 aliphatic rings. The highest BCUT2D eigenvalue weighted by molar-refractivity contribution is 4.77. The van der Waals surface area contributed by atoms with Gasteiger partial charge in [-0.1, -0.05) is 0 Å². The Hall–Kier alpha value is -0.160. The van der Waals surface area contributed by atoms with Gasteiger partial charge in [-0.25, -0.2) is 0 Å². The van der Waals surface area contributed by atoms with Crippen molar-refractivity contribution < 1.29 is 20.1 Å². The molecule has 0 bridgehead atoms. The Labute approximate surface area is 71.8 Å². The number of aliphatic hydroxyl groups excluding tert-OH is 3. The molecule has 0 saturated carbocycles. The van der Waals surface area contributed by atoms with Crippen molar-refractivity contribution in [3.63, 3.8) is 0 Å². The van der Waals surface area contributed by atoms with Crippen LogP contribution in [-0.4, -0.2) is 47.3 Å². The quantitative estimate of drug-likeness (QED) is 0.522. The Morgan fingerprint density at radius 2 is 2.17 bits per heavy atom. The molecule has 12 heavy (non-hydrogen) atoms. The van der Waals surface area contributed by atoms with Gasteiger partial charge in [-0.05, 0) is 12.8 Å². The smallest absolute Gasteiger partial charge is 0.103 e. The molecule has 0 aromatic carbocycles. The van der Waals surface area contributed by atoms with Gasteiger partial charge < -0.3 is 20.1 Å². The average Bonchev–Trinajstić information content (AvgIpc) is 2.17. The predicted molar refractivity (Wildman–Crippen MR) is 42.6 cm³/mol. The first-order chi connectivity index (χ1) is 5.75. The molecule has 0 aromatic heterocycles. The number of hydrogen-bond acceptors (Lipinski definition) is 4. The van der Waals surface area contributed by atoms with Crippen molar-refractivity contribution in [3.05, 3.63) is 0 Å². The average molecular weight is 176 g/mol. The maximum absolute atomic E-state index is 9.45. The second-order valence-electron chi connectivity index (χ2n) is 3.22. The van der Waals surface area contributed by atoms with Gasteiger partial charge in [0.1, 0.15) is 6.10 Å². The largest absolute Gasteiger partial charge is 0.394 e. The van der Waals surface area contributed by atoms with Crippen LogP contribution in [0, 0.1) is 5.92 Å². The molecule has 3 N–H and O–H groups in total. The summed E-state index contributed by atoms with van der Waals surface area (Å²) in [5.41, 5.74) is 0. The van der Waals surface area contributed by atoms with Crippen LogP contribution in [0.4, 0.5) is 0 Å². The van der Waals surface area contributed by atoms with Crippen LogP contribution in [0.2, 0.25) is 0 Å². The first-order valence-electron chi connectivity index (χ1n) is 4.30. The lowest BCUT2D eigenvalue weighted by Crippen LogP contribution is -2.39. The lowest BCUT2D eigenvalue weighted by atomic mass is 9.93. The maximum atomic E-state index is 9.45. The molecule has 0 aromatic rings. The summed E-state index contributed by atoms with van der Waals surface area (Å²) in [6.07, 6.45) is -0.107. The maximum Gasteiger partial charge on any atom is 0.103 e. The summed E-state index contributed by atoms with van der Waals surface area (Å²) >= 11 is 0. The molecule has 3 unspecified atom stereocenters. The molecule has 0 radical (unpaired) electrons. The Morgan fingerprint density at radius 1 is 1.42 bits per heavy atom. The highest BCUT2D eigenvalue weighted by atomic mass is 16.5. The molecule has 4 heteroatoms. The van der Waals surface area contributed by atoms with Gasteiger partial charge in [0.25, 0.3) is 0 Å². The number of aliphatic hydroxyl groups is 3. The van der Waals surface area contributed by atoms with Crippen LogP contribution in [0.5, 0.6) is 0 Å². The van der Waals surface area contributed by atoms with E-state index in [4.69, 9.17) is 14.9 Å². The Bertz CT molecular complexity index is 122. The predicted octanol–water partition coefficient (Wildman–Crippen LogP) is -0.873. The molecule has 0 spiro atoms. The van der Waals surface area contributed by atoms with E-state index in [-0.39, 0.29) is 5.92 Å². The summed E-state index contributed by atoms with van der Waals surface area (Å²) in [7, 11) is 0. The van der Waals surface area contributed by atoms with E-state index in [2.05, 4.69) is 0 Å². The van der Waals surface area contributed by atoms with Crippen molar-refractivity contribution >= 4 is 0 Å². The highest BCUT2D eigenvalue weighted by Crippen LogP contribution is 2.19. The van der Waals surface area contributed by atoms with Gasteiger partial charge in [-0.3, -0.25) is 0 Å². The molecule has 1 heterocycles. The normalized spacial score (nSPS) is 29.8. The van der Waals surface area contributed by atoms with E-state index in [1.807, 2.05) is 0 Å². The number of hydrogen-bond donors (Lipinski definition) is 3. The number of rotatable bonds is 3. The third-order valence-corrected chi connectivity index (χ3v) is 2.26. The Kier molecular flexibility index (Phi) is 3.94.